The predicted octanol–water partition coefficient (Wildman–Crippen LogP) is 2.17. The fourth-order valence-electron chi connectivity index (χ4n) is 2.00. The van der Waals surface area contributed by atoms with E-state index in [1.54, 1.807) is 12.4 Å². The lowest BCUT2D eigenvalue weighted by molar-refractivity contribution is 0.342. The molecule has 1 aliphatic rings. The Labute approximate surface area is 131 Å². The van der Waals surface area contributed by atoms with Crippen LogP contribution in [-0.2, 0) is 0 Å². The molecule has 0 spiro atoms. The van der Waals surface area contributed by atoms with Gasteiger partial charge in [0.15, 0.2) is 0 Å². The number of hydrogen-bond donors (Lipinski definition) is 3. The molecule has 1 heterocycles. The molecule has 4 N–H and O–H groups in total. The average Bonchev–Trinajstić information content (AvgIpc) is 2.48. The van der Waals surface area contributed by atoms with Crippen molar-refractivity contribution in [3.8, 4) is 0 Å². The molecule has 1 unspecified atom stereocenters. The maximum absolute atomic E-state index is 11.9. The molecule has 0 radical (unpaired) electrons. The normalized spacial score (nSPS) is 20.5. The lowest BCUT2D eigenvalue weighted by Crippen LogP contribution is -2.29. The third kappa shape index (κ3) is 6.15. The summed E-state index contributed by atoms with van der Waals surface area (Å²) in [7, 11) is 0. The fraction of sp³-hybridized carbons (Fsp3) is 0.375. The van der Waals surface area contributed by atoms with Gasteiger partial charge in [-0.3, -0.25) is 9.98 Å². The van der Waals surface area contributed by atoms with Crippen molar-refractivity contribution in [3.63, 3.8) is 0 Å². The summed E-state index contributed by atoms with van der Waals surface area (Å²) in [6.07, 6.45) is 9.80. The second-order valence-corrected chi connectivity index (χ2v) is 4.95. The van der Waals surface area contributed by atoms with E-state index in [9.17, 15) is 4.48 Å². The van der Waals surface area contributed by atoms with Crippen LogP contribution < -0.4 is 16.6 Å². The largest absolute Gasteiger partial charge is 0.386 e. The quantitative estimate of drug-likeness (QED) is 0.365. The zero-order valence-corrected chi connectivity index (χ0v) is 13.1. The molecule has 1 aliphatic heterocycles. The van der Waals surface area contributed by atoms with Gasteiger partial charge >= 0.3 is 0 Å². The van der Waals surface area contributed by atoms with E-state index in [4.69, 9.17) is 5.73 Å². The van der Waals surface area contributed by atoms with Crippen molar-refractivity contribution in [3.05, 3.63) is 47.9 Å². The van der Waals surface area contributed by atoms with Gasteiger partial charge in [-0.25, -0.2) is 0 Å². The smallest absolute Gasteiger partial charge is 0.116 e. The molecule has 120 valence electrons. The Morgan fingerprint density at radius 2 is 2.36 bits per heavy atom. The Morgan fingerprint density at radius 1 is 1.59 bits per heavy atom. The lowest BCUT2D eigenvalue weighted by Gasteiger charge is -2.17. The Hall–Kier alpha value is -2.05. The van der Waals surface area contributed by atoms with Gasteiger partial charge in [-0.2, -0.15) is 0 Å². The van der Waals surface area contributed by atoms with Crippen LogP contribution in [0.1, 0.15) is 20.3 Å². The molecule has 0 bridgehead atoms. The number of nitrogens with zero attached hydrogens (tertiary/aromatic N) is 2. The number of rotatable bonds is 8. The first-order valence-electron chi connectivity index (χ1n) is 7.20. The van der Waals surface area contributed by atoms with E-state index < -0.39 is 0 Å². The van der Waals surface area contributed by atoms with Gasteiger partial charge in [0.2, 0.25) is 0 Å². The summed E-state index contributed by atoms with van der Waals surface area (Å²) in [6.45, 7) is 8.24. The first kappa shape index (κ1) is 18.0. The van der Waals surface area contributed by atoms with E-state index in [0.717, 1.165) is 28.9 Å². The summed E-state index contributed by atoms with van der Waals surface area (Å²) >= 11 is 0. The Kier molecular flexibility index (Phi) is 8.03. The van der Waals surface area contributed by atoms with Crippen LogP contribution in [0.25, 0.3) is 0 Å². The number of halogens is 1. The van der Waals surface area contributed by atoms with Crippen LogP contribution in [-0.4, -0.2) is 31.2 Å². The van der Waals surface area contributed by atoms with Crippen LogP contribution in [0, 0.1) is 0 Å². The van der Waals surface area contributed by atoms with Gasteiger partial charge in [0.05, 0.1) is 6.04 Å². The third-order valence-electron chi connectivity index (χ3n) is 2.95. The minimum Gasteiger partial charge on any atom is -0.386 e. The van der Waals surface area contributed by atoms with Gasteiger partial charge in [0.1, 0.15) is 6.67 Å². The topological polar surface area (TPSA) is 74.8 Å². The van der Waals surface area contributed by atoms with E-state index >= 15 is 0 Å². The van der Waals surface area contributed by atoms with Crippen LogP contribution in [0.4, 0.5) is 4.48 Å². The molecule has 0 aromatic heterocycles. The summed E-state index contributed by atoms with van der Waals surface area (Å²) in [5.74, 6) is 0. The summed E-state index contributed by atoms with van der Waals surface area (Å²) < 4.78 is 11.9. The average molecular weight is 305 g/mol. The molecule has 0 aliphatic carbocycles. The molecule has 1 atom stereocenters. The summed E-state index contributed by atoms with van der Waals surface area (Å²) in [5.41, 5.74) is 11.3. The monoisotopic (exact) mass is 305 g/mol. The Bertz CT molecular complexity index is 529. The number of hydrogen-bond acceptors (Lipinski definition) is 5. The summed E-state index contributed by atoms with van der Waals surface area (Å²) in [5, 5.41) is 3.21. The predicted molar refractivity (Wildman–Crippen MR) is 91.4 cm³/mol. The third-order valence-corrected chi connectivity index (χ3v) is 2.95. The van der Waals surface area contributed by atoms with Crippen LogP contribution in [0.5, 0.6) is 0 Å². The SMILES string of the molecule is C=C(C)/C=C(\C=N/CNF)CN/C=C1/C(CC)=NC=CC1N. The molecule has 6 heteroatoms. The molecule has 0 aromatic carbocycles. The van der Waals surface area contributed by atoms with Gasteiger partial charge in [-0.15, -0.1) is 10.0 Å². The molecule has 22 heavy (non-hydrogen) atoms. The van der Waals surface area contributed by atoms with Crippen molar-refractivity contribution >= 4 is 11.9 Å². The molecular formula is C16H24FN5. The second kappa shape index (κ2) is 9.81. The highest BCUT2D eigenvalue weighted by Gasteiger charge is 2.14. The van der Waals surface area contributed by atoms with Crippen LogP contribution in [0.2, 0.25) is 0 Å². The van der Waals surface area contributed by atoms with E-state index in [2.05, 4.69) is 21.9 Å². The second-order valence-electron chi connectivity index (χ2n) is 4.95. The summed E-state index contributed by atoms with van der Waals surface area (Å²) in [4.78, 5) is 8.24. The summed E-state index contributed by atoms with van der Waals surface area (Å²) in [6, 6.07) is -0.155. The molecule has 0 amide bonds. The lowest BCUT2D eigenvalue weighted by atomic mass is 10.00. The highest BCUT2D eigenvalue weighted by molar-refractivity contribution is 6.02. The van der Waals surface area contributed by atoms with Crippen molar-refractivity contribution < 1.29 is 4.48 Å². The molecule has 0 saturated carbocycles. The molecule has 0 saturated heterocycles. The van der Waals surface area contributed by atoms with E-state index in [1.807, 2.05) is 32.2 Å². The van der Waals surface area contributed by atoms with Gasteiger partial charge in [0.25, 0.3) is 0 Å². The van der Waals surface area contributed by atoms with Gasteiger partial charge < -0.3 is 11.1 Å². The number of aliphatic imine (C=N–C) groups is 2. The van der Waals surface area contributed by atoms with Crippen LogP contribution in [0.3, 0.4) is 0 Å². The molecule has 5 nitrogen and oxygen atoms in total. The van der Waals surface area contributed by atoms with Crippen molar-refractivity contribution in [1.29, 1.82) is 0 Å². The molecular weight excluding hydrogens is 281 g/mol. The highest BCUT2D eigenvalue weighted by Crippen LogP contribution is 2.12. The zero-order valence-electron chi connectivity index (χ0n) is 13.1. The van der Waals surface area contributed by atoms with Gasteiger partial charge in [-0.05, 0) is 25.0 Å². The fourth-order valence-corrected chi connectivity index (χ4v) is 2.00. The van der Waals surface area contributed by atoms with Crippen molar-refractivity contribution in [2.45, 2.75) is 26.3 Å². The minimum absolute atomic E-state index is 0.0725. The van der Waals surface area contributed by atoms with Gasteiger partial charge in [0, 0.05) is 36.4 Å². The van der Waals surface area contributed by atoms with Gasteiger partial charge in [-0.1, -0.05) is 25.2 Å². The zero-order chi connectivity index (χ0) is 16.4. The Balaban J connectivity index is 2.72. The number of allylic oxidation sites excluding steroid dienone is 2. The standard InChI is InChI=1S/C16H24FN5/c1-4-16-14(15(18)5-6-21-16)10-19-8-13(7-12(2)3)9-20-11-22-17/h5-7,9-10,15,19,22H,2,4,8,11,18H2,1,3H3/b13-7-,14-10+,20-9-. The van der Waals surface area contributed by atoms with Crippen molar-refractivity contribution in [2.75, 3.05) is 13.2 Å². The molecule has 1 rings (SSSR count). The van der Waals surface area contributed by atoms with E-state index in [1.165, 1.54) is 5.54 Å². The Morgan fingerprint density at radius 3 is 3.00 bits per heavy atom. The number of nitrogens with one attached hydrogen (secondary N) is 2. The first-order chi connectivity index (χ1) is 10.6. The van der Waals surface area contributed by atoms with Crippen molar-refractivity contribution in [1.82, 2.24) is 10.9 Å². The first-order valence-corrected chi connectivity index (χ1v) is 7.20. The van der Waals surface area contributed by atoms with Crippen LogP contribution in [0.15, 0.2) is 57.8 Å². The van der Waals surface area contributed by atoms with Crippen molar-refractivity contribution in [2.24, 2.45) is 15.7 Å². The molecule has 0 fully saturated rings. The van der Waals surface area contributed by atoms with E-state index in [0.29, 0.717) is 6.54 Å². The van der Waals surface area contributed by atoms with Crippen LogP contribution >= 0.6 is 0 Å². The maximum Gasteiger partial charge on any atom is 0.116 e. The maximum atomic E-state index is 11.9. The van der Waals surface area contributed by atoms with E-state index in [-0.39, 0.29) is 12.7 Å². The molecule has 0 aromatic rings. The number of nitrogens with two attached hydrogens (primary N) is 1. The minimum atomic E-state index is -0.155. The highest BCUT2D eigenvalue weighted by atomic mass is 19.2.